The van der Waals surface area contributed by atoms with Gasteiger partial charge in [0, 0.05) is 30.8 Å². The third kappa shape index (κ3) is 4.10. The average Bonchev–Trinajstić information content (AvgIpc) is 2.61. The zero-order valence-electron chi connectivity index (χ0n) is 13.5. The first-order chi connectivity index (χ1) is 11.9. The van der Waals surface area contributed by atoms with Crippen LogP contribution in [0.4, 0.5) is 11.6 Å². The molecule has 0 unspecified atom stereocenters. The van der Waals surface area contributed by atoms with Crippen LogP contribution in [0.15, 0.2) is 59.9 Å². The monoisotopic (exact) mass is 355 g/mol. The summed E-state index contributed by atoms with van der Waals surface area (Å²) in [5, 5.41) is 3.15. The van der Waals surface area contributed by atoms with Crippen molar-refractivity contribution < 1.29 is 8.42 Å². The molecule has 3 N–H and O–H groups in total. The Labute approximate surface area is 145 Å². The molecule has 1 aromatic carbocycles. The predicted molar refractivity (Wildman–Crippen MR) is 96.6 cm³/mol. The largest absolute Gasteiger partial charge is 0.381 e. The Morgan fingerprint density at radius 2 is 1.76 bits per heavy atom. The molecule has 7 nitrogen and oxygen atoms in total. The van der Waals surface area contributed by atoms with Crippen LogP contribution in [0, 0.1) is 0 Å². The molecule has 2 heterocycles. The zero-order chi connectivity index (χ0) is 17.9. The van der Waals surface area contributed by atoms with Gasteiger partial charge in [-0.15, -0.1) is 0 Å². The number of rotatable bonds is 5. The van der Waals surface area contributed by atoms with Gasteiger partial charge in [-0.25, -0.2) is 18.4 Å². The third-order valence-electron chi connectivity index (χ3n) is 3.59. The Kier molecular flexibility index (Phi) is 4.62. The quantitative estimate of drug-likeness (QED) is 0.721. The van der Waals surface area contributed by atoms with E-state index in [9.17, 15) is 8.42 Å². The Bertz CT molecular complexity index is 974. The first-order valence-electron chi connectivity index (χ1n) is 7.49. The van der Waals surface area contributed by atoms with Crippen molar-refractivity contribution in [3.05, 3.63) is 60.6 Å². The van der Waals surface area contributed by atoms with E-state index in [4.69, 9.17) is 5.73 Å². The standard InChI is InChI=1S/C17H17N5O2S/c1-25(23,24)14-4-2-13(3-5-14)15-11-20-16(18)17(22-15)21-10-12-6-8-19-9-7-12/h2-9,11H,10H2,1H3,(H2,18,20)(H,21,22). The normalized spacial score (nSPS) is 11.2. The van der Waals surface area contributed by atoms with Crippen LogP contribution < -0.4 is 11.1 Å². The molecule has 0 radical (unpaired) electrons. The maximum atomic E-state index is 11.5. The fraction of sp³-hybridized carbons (Fsp3) is 0.118. The van der Waals surface area contributed by atoms with Crippen molar-refractivity contribution in [2.75, 3.05) is 17.3 Å². The number of nitrogen functional groups attached to an aromatic ring is 1. The summed E-state index contributed by atoms with van der Waals surface area (Å²) < 4.78 is 23.1. The minimum absolute atomic E-state index is 0.260. The van der Waals surface area contributed by atoms with Gasteiger partial charge in [-0.2, -0.15) is 0 Å². The average molecular weight is 355 g/mol. The minimum atomic E-state index is -3.23. The Morgan fingerprint density at radius 1 is 1.08 bits per heavy atom. The van der Waals surface area contributed by atoms with Gasteiger partial charge in [-0.1, -0.05) is 12.1 Å². The number of nitrogens with two attached hydrogens (primary N) is 1. The zero-order valence-corrected chi connectivity index (χ0v) is 14.4. The number of nitrogens with zero attached hydrogens (tertiary/aromatic N) is 3. The molecule has 0 saturated heterocycles. The summed E-state index contributed by atoms with van der Waals surface area (Å²) in [5.74, 6) is 0.770. The molecule has 0 spiro atoms. The molecule has 0 amide bonds. The number of hydrogen-bond donors (Lipinski definition) is 2. The first kappa shape index (κ1) is 16.8. The Balaban J connectivity index is 1.83. The number of hydrogen-bond acceptors (Lipinski definition) is 7. The van der Waals surface area contributed by atoms with Crippen molar-refractivity contribution in [2.24, 2.45) is 0 Å². The van der Waals surface area contributed by atoms with Crippen LogP contribution >= 0.6 is 0 Å². The molecule has 0 aliphatic carbocycles. The molecule has 0 saturated carbocycles. The van der Waals surface area contributed by atoms with Gasteiger partial charge in [0.1, 0.15) is 0 Å². The molecule has 2 aromatic heterocycles. The predicted octanol–water partition coefficient (Wildman–Crippen LogP) is 2.14. The van der Waals surface area contributed by atoms with Gasteiger partial charge in [-0.05, 0) is 29.8 Å². The summed E-state index contributed by atoms with van der Waals surface area (Å²) in [7, 11) is -3.23. The molecule has 3 aromatic rings. The summed E-state index contributed by atoms with van der Waals surface area (Å²) in [6, 6.07) is 10.3. The second-order valence-electron chi connectivity index (χ2n) is 5.49. The molecule has 0 aliphatic rings. The van der Waals surface area contributed by atoms with Crippen molar-refractivity contribution in [2.45, 2.75) is 11.4 Å². The summed E-state index contributed by atoms with van der Waals surface area (Å²) in [6.45, 7) is 0.540. The topological polar surface area (TPSA) is 111 Å². The molecular weight excluding hydrogens is 338 g/mol. The summed E-state index contributed by atoms with van der Waals surface area (Å²) in [5.41, 5.74) is 8.29. The Hall–Kier alpha value is -3.00. The molecular formula is C17H17N5O2S. The van der Waals surface area contributed by atoms with Gasteiger partial charge < -0.3 is 11.1 Å². The van der Waals surface area contributed by atoms with E-state index in [1.807, 2.05) is 12.1 Å². The molecule has 8 heteroatoms. The first-order valence-corrected chi connectivity index (χ1v) is 9.38. The van der Waals surface area contributed by atoms with Gasteiger partial charge in [-0.3, -0.25) is 4.98 Å². The SMILES string of the molecule is CS(=O)(=O)c1ccc(-c2cnc(N)c(NCc3ccncc3)n2)cc1. The van der Waals surface area contributed by atoms with E-state index in [1.165, 1.54) is 6.26 Å². The van der Waals surface area contributed by atoms with Crippen molar-refractivity contribution in [1.29, 1.82) is 0 Å². The van der Waals surface area contributed by atoms with Gasteiger partial charge in [0.25, 0.3) is 0 Å². The summed E-state index contributed by atoms with van der Waals surface area (Å²) in [6.07, 6.45) is 6.16. The fourth-order valence-corrected chi connectivity index (χ4v) is 2.86. The lowest BCUT2D eigenvalue weighted by Crippen LogP contribution is -2.07. The van der Waals surface area contributed by atoms with E-state index in [-0.39, 0.29) is 4.90 Å². The highest BCUT2D eigenvalue weighted by atomic mass is 32.2. The molecule has 0 fully saturated rings. The fourth-order valence-electron chi connectivity index (χ4n) is 2.23. The van der Waals surface area contributed by atoms with Crippen molar-refractivity contribution in [3.8, 4) is 11.3 Å². The highest BCUT2D eigenvalue weighted by Crippen LogP contribution is 2.23. The third-order valence-corrected chi connectivity index (χ3v) is 4.72. The second-order valence-corrected chi connectivity index (χ2v) is 7.51. The van der Waals surface area contributed by atoms with E-state index < -0.39 is 9.84 Å². The number of pyridine rings is 1. The van der Waals surface area contributed by atoms with E-state index in [0.717, 1.165) is 11.1 Å². The van der Waals surface area contributed by atoms with Crippen molar-refractivity contribution in [1.82, 2.24) is 15.0 Å². The van der Waals surface area contributed by atoms with Crippen LogP contribution in [0.2, 0.25) is 0 Å². The number of nitrogens with one attached hydrogen (secondary N) is 1. The van der Waals surface area contributed by atoms with E-state index in [0.29, 0.717) is 23.9 Å². The summed E-state index contributed by atoms with van der Waals surface area (Å²) >= 11 is 0. The van der Waals surface area contributed by atoms with Gasteiger partial charge >= 0.3 is 0 Å². The van der Waals surface area contributed by atoms with Crippen LogP contribution in [0.5, 0.6) is 0 Å². The maximum Gasteiger partial charge on any atom is 0.175 e. The number of anilines is 2. The van der Waals surface area contributed by atoms with Crippen LogP contribution in [0.3, 0.4) is 0 Å². The smallest absolute Gasteiger partial charge is 0.175 e. The molecule has 25 heavy (non-hydrogen) atoms. The van der Waals surface area contributed by atoms with E-state index in [2.05, 4.69) is 20.3 Å². The number of sulfone groups is 1. The molecule has 128 valence electrons. The van der Waals surface area contributed by atoms with E-state index >= 15 is 0 Å². The summed E-state index contributed by atoms with van der Waals surface area (Å²) in [4.78, 5) is 12.9. The maximum absolute atomic E-state index is 11.5. The van der Waals surface area contributed by atoms with Gasteiger partial charge in [0.15, 0.2) is 21.5 Å². The Morgan fingerprint density at radius 3 is 2.40 bits per heavy atom. The van der Waals surface area contributed by atoms with E-state index in [1.54, 1.807) is 42.9 Å². The molecule has 0 aliphatic heterocycles. The van der Waals surface area contributed by atoms with Crippen LogP contribution in [0.1, 0.15) is 5.56 Å². The van der Waals surface area contributed by atoms with Crippen LogP contribution in [0.25, 0.3) is 11.3 Å². The van der Waals surface area contributed by atoms with Crippen molar-refractivity contribution >= 4 is 21.5 Å². The molecule has 3 rings (SSSR count). The van der Waals surface area contributed by atoms with Gasteiger partial charge in [0.2, 0.25) is 0 Å². The second kappa shape index (κ2) is 6.86. The van der Waals surface area contributed by atoms with Crippen LogP contribution in [-0.2, 0) is 16.4 Å². The molecule has 0 bridgehead atoms. The number of benzene rings is 1. The highest BCUT2D eigenvalue weighted by Gasteiger charge is 2.10. The highest BCUT2D eigenvalue weighted by molar-refractivity contribution is 7.90. The van der Waals surface area contributed by atoms with Crippen molar-refractivity contribution in [3.63, 3.8) is 0 Å². The lowest BCUT2D eigenvalue weighted by Gasteiger charge is -2.10. The molecule has 0 atom stereocenters. The van der Waals surface area contributed by atoms with Crippen LogP contribution in [-0.4, -0.2) is 29.6 Å². The number of aromatic nitrogens is 3. The minimum Gasteiger partial charge on any atom is -0.381 e. The van der Waals surface area contributed by atoms with Gasteiger partial charge in [0.05, 0.1) is 16.8 Å². The lowest BCUT2D eigenvalue weighted by atomic mass is 10.2. The lowest BCUT2D eigenvalue weighted by molar-refractivity contribution is 0.602.